The van der Waals surface area contributed by atoms with Crippen molar-refractivity contribution < 1.29 is 27.0 Å². The molecule has 0 aliphatic heterocycles. The third-order valence-corrected chi connectivity index (χ3v) is 5.78. The van der Waals surface area contributed by atoms with Crippen LogP contribution < -0.4 is 4.74 Å². The molecule has 6 heteroatoms. The van der Waals surface area contributed by atoms with Crippen LogP contribution in [0.1, 0.15) is 63.4 Å². The van der Waals surface area contributed by atoms with Crippen molar-refractivity contribution in [3.63, 3.8) is 0 Å². The maximum Gasteiger partial charge on any atom is 0.573 e. The predicted octanol–water partition coefficient (Wildman–Crippen LogP) is 6.20. The highest BCUT2D eigenvalue weighted by Gasteiger charge is 2.37. The van der Waals surface area contributed by atoms with Gasteiger partial charge < -0.3 is 9.47 Å². The standard InChI is InChI=1S/C20H26F4O2/c1-2-9-25-17-7-5-14-10-13(3-4-15(14)11-17)16-6-8-19(18(21)12-16)26-20(22,23)24/h6,8,12-15,17H,2-5,7,9-11H2,1H3. The Morgan fingerprint density at radius 3 is 2.46 bits per heavy atom. The second-order valence-electron chi connectivity index (χ2n) is 7.57. The summed E-state index contributed by atoms with van der Waals surface area (Å²) in [6.45, 7) is 2.93. The third kappa shape index (κ3) is 4.90. The molecule has 2 aliphatic rings. The molecule has 2 saturated carbocycles. The number of alkyl halides is 3. The van der Waals surface area contributed by atoms with Crippen LogP contribution in [0.3, 0.4) is 0 Å². The van der Waals surface area contributed by atoms with Gasteiger partial charge in [0, 0.05) is 6.61 Å². The predicted molar refractivity (Wildman–Crippen MR) is 90.5 cm³/mol. The fraction of sp³-hybridized carbons (Fsp3) is 0.700. The minimum atomic E-state index is -4.88. The van der Waals surface area contributed by atoms with Gasteiger partial charge in [0.15, 0.2) is 11.6 Å². The SMILES string of the molecule is CCCOC1CCC2CC(c3ccc(OC(F)(F)F)c(F)c3)CCC2C1. The molecule has 2 aliphatic carbocycles. The molecule has 0 heterocycles. The first-order valence-corrected chi connectivity index (χ1v) is 9.52. The molecule has 0 bridgehead atoms. The molecular weight excluding hydrogens is 348 g/mol. The van der Waals surface area contributed by atoms with Crippen LogP contribution in [0.2, 0.25) is 0 Å². The van der Waals surface area contributed by atoms with Crippen molar-refractivity contribution in [2.45, 2.75) is 70.3 Å². The highest BCUT2D eigenvalue weighted by molar-refractivity contribution is 5.32. The monoisotopic (exact) mass is 374 g/mol. The molecule has 4 atom stereocenters. The van der Waals surface area contributed by atoms with E-state index >= 15 is 0 Å². The first-order valence-electron chi connectivity index (χ1n) is 9.52. The molecule has 1 aromatic rings. The van der Waals surface area contributed by atoms with Crippen LogP contribution in [0.15, 0.2) is 18.2 Å². The number of benzene rings is 1. The Hall–Kier alpha value is -1.30. The summed E-state index contributed by atoms with van der Waals surface area (Å²) in [6, 6.07) is 3.88. The van der Waals surface area contributed by atoms with Crippen LogP contribution in [0.5, 0.6) is 5.75 Å². The first-order chi connectivity index (χ1) is 12.4. The lowest BCUT2D eigenvalue weighted by Crippen LogP contribution is -2.33. The van der Waals surface area contributed by atoms with E-state index < -0.39 is 17.9 Å². The normalized spacial score (nSPS) is 29.3. The minimum absolute atomic E-state index is 0.207. The summed E-state index contributed by atoms with van der Waals surface area (Å²) in [4.78, 5) is 0. The Morgan fingerprint density at radius 1 is 1.04 bits per heavy atom. The average Bonchev–Trinajstić information content (AvgIpc) is 2.60. The van der Waals surface area contributed by atoms with E-state index in [2.05, 4.69) is 11.7 Å². The molecule has 0 saturated heterocycles. The van der Waals surface area contributed by atoms with Gasteiger partial charge in [0.25, 0.3) is 0 Å². The smallest absolute Gasteiger partial charge is 0.403 e. The van der Waals surface area contributed by atoms with E-state index in [1.54, 1.807) is 6.07 Å². The second-order valence-corrected chi connectivity index (χ2v) is 7.57. The summed E-state index contributed by atoms with van der Waals surface area (Å²) in [7, 11) is 0. The number of hydrogen-bond acceptors (Lipinski definition) is 2. The molecule has 2 nitrogen and oxygen atoms in total. The second kappa shape index (κ2) is 8.15. The van der Waals surface area contributed by atoms with Crippen LogP contribution >= 0.6 is 0 Å². The minimum Gasteiger partial charge on any atom is -0.403 e. The van der Waals surface area contributed by atoms with Crippen molar-refractivity contribution in [2.75, 3.05) is 6.61 Å². The molecule has 0 N–H and O–H groups in total. The van der Waals surface area contributed by atoms with Gasteiger partial charge in [-0.3, -0.25) is 0 Å². The summed E-state index contributed by atoms with van der Waals surface area (Å²) < 4.78 is 60.4. The molecule has 1 aromatic carbocycles. The van der Waals surface area contributed by atoms with E-state index in [1.807, 2.05) is 0 Å². The zero-order valence-electron chi connectivity index (χ0n) is 15.0. The molecule has 0 spiro atoms. The number of rotatable bonds is 5. The molecular formula is C20H26F4O2. The number of fused-ring (bicyclic) bond motifs is 1. The summed E-state index contributed by atoms with van der Waals surface area (Å²) in [5.74, 6) is -0.245. The van der Waals surface area contributed by atoms with Crippen molar-refractivity contribution in [3.05, 3.63) is 29.6 Å². The van der Waals surface area contributed by atoms with E-state index in [9.17, 15) is 17.6 Å². The zero-order valence-corrected chi connectivity index (χ0v) is 15.0. The zero-order chi connectivity index (χ0) is 18.7. The van der Waals surface area contributed by atoms with Gasteiger partial charge in [-0.25, -0.2) is 4.39 Å². The summed E-state index contributed by atoms with van der Waals surface area (Å²) in [5.41, 5.74) is 0.778. The number of halogens is 4. The van der Waals surface area contributed by atoms with E-state index in [0.29, 0.717) is 17.9 Å². The van der Waals surface area contributed by atoms with Gasteiger partial charge in [0.1, 0.15) is 0 Å². The van der Waals surface area contributed by atoms with Crippen LogP contribution in [-0.4, -0.2) is 19.1 Å². The maximum absolute atomic E-state index is 14.0. The lowest BCUT2D eigenvalue weighted by Gasteiger charge is -2.42. The Bertz CT molecular complexity index is 602. The molecule has 0 aromatic heterocycles. The van der Waals surface area contributed by atoms with Crippen LogP contribution in [0.25, 0.3) is 0 Å². The molecule has 26 heavy (non-hydrogen) atoms. The Morgan fingerprint density at radius 2 is 1.77 bits per heavy atom. The Labute approximate surface area is 151 Å². The topological polar surface area (TPSA) is 18.5 Å². The van der Waals surface area contributed by atoms with Crippen LogP contribution in [-0.2, 0) is 4.74 Å². The van der Waals surface area contributed by atoms with Gasteiger partial charge in [-0.15, -0.1) is 13.2 Å². The van der Waals surface area contributed by atoms with Crippen molar-refractivity contribution in [1.29, 1.82) is 0 Å². The summed E-state index contributed by atoms with van der Waals surface area (Å²) >= 11 is 0. The largest absolute Gasteiger partial charge is 0.573 e. The van der Waals surface area contributed by atoms with Gasteiger partial charge in [-0.1, -0.05) is 13.0 Å². The van der Waals surface area contributed by atoms with Gasteiger partial charge in [-0.05, 0) is 80.4 Å². The highest BCUT2D eigenvalue weighted by atomic mass is 19.4. The molecule has 3 rings (SSSR count). The van der Waals surface area contributed by atoms with Crippen LogP contribution in [0, 0.1) is 17.7 Å². The Kier molecular flexibility index (Phi) is 6.10. The molecule has 0 amide bonds. The lowest BCUT2D eigenvalue weighted by molar-refractivity contribution is -0.275. The molecule has 146 valence electrons. The highest BCUT2D eigenvalue weighted by Crippen LogP contribution is 2.47. The molecule has 0 radical (unpaired) electrons. The Balaban J connectivity index is 1.60. The fourth-order valence-electron chi connectivity index (χ4n) is 4.56. The van der Waals surface area contributed by atoms with Crippen molar-refractivity contribution in [2.24, 2.45) is 11.8 Å². The summed E-state index contributed by atoms with van der Waals surface area (Å²) in [5, 5.41) is 0. The molecule has 2 fully saturated rings. The molecule has 4 unspecified atom stereocenters. The van der Waals surface area contributed by atoms with Gasteiger partial charge >= 0.3 is 6.36 Å². The average molecular weight is 374 g/mol. The van der Waals surface area contributed by atoms with Crippen molar-refractivity contribution in [3.8, 4) is 5.75 Å². The van der Waals surface area contributed by atoms with E-state index in [4.69, 9.17) is 4.74 Å². The van der Waals surface area contributed by atoms with E-state index in [-0.39, 0.29) is 5.92 Å². The lowest BCUT2D eigenvalue weighted by atomic mass is 9.65. The van der Waals surface area contributed by atoms with Gasteiger partial charge in [0.05, 0.1) is 6.10 Å². The summed E-state index contributed by atoms with van der Waals surface area (Å²) in [6.07, 6.45) is 2.81. The van der Waals surface area contributed by atoms with E-state index in [1.165, 1.54) is 6.07 Å². The van der Waals surface area contributed by atoms with E-state index in [0.717, 1.165) is 63.2 Å². The van der Waals surface area contributed by atoms with Crippen LogP contribution in [0.4, 0.5) is 17.6 Å². The van der Waals surface area contributed by atoms with Gasteiger partial charge in [-0.2, -0.15) is 0 Å². The maximum atomic E-state index is 14.0. The van der Waals surface area contributed by atoms with Crippen molar-refractivity contribution in [1.82, 2.24) is 0 Å². The fourth-order valence-corrected chi connectivity index (χ4v) is 4.56. The quantitative estimate of drug-likeness (QED) is 0.571. The first kappa shape index (κ1) is 19.5. The van der Waals surface area contributed by atoms with Gasteiger partial charge in [0.2, 0.25) is 0 Å². The van der Waals surface area contributed by atoms with Crippen molar-refractivity contribution >= 4 is 0 Å². The third-order valence-electron chi connectivity index (χ3n) is 5.78. The number of hydrogen-bond donors (Lipinski definition) is 0. The number of ether oxygens (including phenoxy) is 2.